The lowest BCUT2D eigenvalue weighted by Gasteiger charge is -2.30. The summed E-state index contributed by atoms with van der Waals surface area (Å²) in [6.07, 6.45) is 3.13. The Morgan fingerprint density at radius 2 is 1.95 bits per heavy atom. The minimum Gasteiger partial charge on any atom is -0.339 e. The Kier molecular flexibility index (Phi) is 4.32. The van der Waals surface area contributed by atoms with Gasteiger partial charge in [-0.15, -0.1) is 0 Å². The lowest BCUT2D eigenvalue weighted by molar-refractivity contribution is 0.0697. The van der Waals surface area contributed by atoms with E-state index in [1.807, 2.05) is 4.90 Å². The van der Waals surface area contributed by atoms with Crippen LogP contribution in [0.5, 0.6) is 0 Å². The number of nitrogens with zero attached hydrogens (tertiary/aromatic N) is 1. The second-order valence-electron chi connectivity index (χ2n) is 5.43. The van der Waals surface area contributed by atoms with Crippen molar-refractivity contribution >= 4 is 21.6 Å². The second-order valence-corrected chi connectivity index (χ2v) is 7.18. The molecule has 0 radical (unpaired) electrons. The standard InChI is InChI=1S/C14H20N2O3S/c1-11-6-8-16(9-7-11)14(17)12-4-3-5-13(10-12)15-20(2,18)19/h3-5,10-11,15H,6-9H2,1-2H3. The van der Waals surface area contributed by atoms with Crippen molar-refractivity contribution < 1.29 is 13.2 Å². The molecular weight excluding hydrogens is 276 g/mol. The van der Waals surface area contributed by atoms with Gasteiger partial charge >= 0.3 is 0 Å². The number of rotatable bonds is 3. The molecule has 1 N–H and O–H groups in total. The molecule has 5 nitrogen and oxygen atoms in total. The zero-order chi connectivity index (χ0) is 14.8. The molecule has 1 aliphatic rings. The highest BCUT2D eigenvalue weighted by Crippen LogP contribution is 2.19. The minimum absolute atomic E-state index is 0.0333. The van der Waals surface area contributed by atoms with Crippen LogP contribution in [0, 0.1) is 5.92 Å². The highest BCUT2D eigenvalue weighted by atomic mass is 32.2. The van der Waals surface area contributed by atoms with Gasteiger partial charge in [-0.1, -0.05) is 13.0 Å². The summed E-state index contributed by atoms with van der Waals surface area (Å²) in [5, 5.41) is 0. The van der Waals surface area contributed by atoms with Crippen LogP contribution in [-0.2, 0) is 10.0 Å². The number of sulfonamides is 1. The van der Waals surface area contributed by atoms with Crippen molar-refractivity contribution in [1.29, 1.82) is 0 Å². The second kappa shape index (κ2) is 5.83. The van der Waals surface area contributed by atoms with Gasteiger partial charge in [0, 0.05) is 24.3 Å². The van der Waals surface area contributed by atoms with Gasteiger partial charge in [-0.05, 0) is 37.0 Å². The van der Waals surface area contributed by atoms with Crippen molar-refractivity contribution in [3.8, 4) is 0 Å². The van der Waals surface area contributed by atoms with Crippen LogP contribution in [-0.4, -0.2) is 38.6 Å². The first-order chi connectivity index (χ1) is 9.35. The smallest absolute Gasteiger partial charge is 0.253 e. The van der Waals surface area contributed by atoms with Gasteiger partial charge in [0.15, 0.2) is 0 Å². The number of carbonyl (C=O) groups excluding carboxylic acids is 1. The number of hydrogen-bond acceptors (Lipinski definition) is 3. The molecule has 1 heterocycles. The van der Waals surface area contributed by atoms with Crippen LogP contribution in [0.25, 0.3) is 0 Å². The van der Waals surface area contributed by atoms with Crippen LogP contribution in [0.4, 0.5) is 5.69 Å². The van der Waals surface area contributed by atoms with Gasteiger partial charge in [0.05, 0.1) is 6.26 Å². The number of amides is 1. The van der Waals surface area contributed by atoms with Gasteiger partial charge in [0.2, 0.25) is 10.0 Å². The van der Waals surface area contributed by atoms with E-state index in [4.69, 9.17) is 0 Å². The maximum Gasteiger partial charge on any atom is 0.253 e. The van der Waals surface area contributed by atoms with E-state index in [1.165, 1.54) is 0 Å². The Hall–Kier alpha value is -1.56. The van der Waals surface area contributed by atoms with Crippen molar-refractivity contribution in [2.75, 3.05) is 24.1 Å². The summed E-state index contributed by atoms with van der Waals surface area (Å²) in [4.78, 5) is 14.2. The maximum absolute atomic E-state index is 12.4. The molecular formula is C14H20N2O3S. The number of anilines is 1. The fourth-order valence-electron chi connectivity index (χ4n) is 2.32. The highest BCUT2D eigenvalue weighted by Gasteiger charge is 2.21. The number of likely N-dealkylation sites (tertiary alicyclic amines) is 1. The summed E-state index contributed by atoms with van der Waals surface area (Å²) in [5.41, 5.74) is 0.942. The molecule has 1 aromatic carbocycles. The molecule has 110 valence electrons. The average Bonchev–Trinajstić information content (AvgIpc) is 2.37. The third kappa shape index (κ3) is 3.96. The quantitative estimate of drug-likeness (QED) is 0.927. The number of carbonyl (C=O) groups is 1. The van der Waals surface area contributed by atoms with E-state index in [0.29, 0.717) is 17.2 Å². The minimum atomic E-state index is -3.33. The first kappa shape index (κ1) is 14.8. The largest absolute Gasteiger partial charge is 0.339 e. The molecule has 1 aromatic rings. The van der Waals surface area contributed by atoms with E-state index in [0.717, 1.165) is 32.2 Å². The van der Waals surface area contributed by atoms with E-state index in [9.17, 15) is 13.2 Å². The lowest BCUT2D eigenvalue weighted by Crippen LogP contribution is -2.37. The Morgan fingerprint density at radius 1 is 1.30 bits per heavy atom. The lowest BCUT2D eigenvalue weighted by atomic mass is 9.98. The number of piperidine rings is 1. The van der Waals surface area contributed by atoms with Gasteiger partial charge < -0.3 is 4.90 Å². The van der Waals surface area contributed by atoms with Crippen LogP contribution < -0.4 is 4.72 Å². The molecule has 6 heteroatoms. The van der Waals surface area contributed by atoms with E-state index in [-0.39, 0.29) is 5.91 Å². The topological polar surface area (TPSA) is 66.5 Å². The molecule has 0 aliphatic carbocycles. The number of benzene rings is 1. The summed E-state index contributed by atoms with van der Waals surface area (Å²) in [6.45, 7) is 3.73. The van der Waals surface area contributed by atoms with Crippen molar-refractivity contribution in [2.45, 2.75) is 19.8 Å². The van der Waals surface area contributed by atoms with Gasteiger partial charge in [-0.25, -0.2) is 8.42 Å². The Balaban J connectivity index is 2.12. The molecule has 20 heavy (non-hydrogen) atoms. The number of nitrogens with one attached hydrogen (secondary N) is 1. The predicted molar refractivity (Wildman–Crippen MR) is 79.2 cm³/mol. The third-order valence-corrected chi connectivity index (χ3v) is 4.09. The molecule has 0 bridgehead atoms. The van der Waals surface area contributed by atoms with Gasteiger partial charge in [-0.2, -0.15) is 0 Å². The molecule has 0 aromatic heterocycles. The normalized spacial score (nSPS) is 17.0. The van der Waals surface area contributed by atoms with Crippen LogP contribution in [0.2, 0.25) is 0 Å². The van der Waals surface area contributed by atoms with E-state index >= 15 is 0 Å². The Labute approximate surface area is 120 Å². The van der Waals surface area contributed by atoms with E-state index in [1.54, 1.807) is 24.3 Å². The maximum atomic E-state index is 12.4. The van der Waals surface area contributed by atoms with E-state index in [2.05, 4.69) is 11.6 Å². The van der Waals surface area contributed by atoms with E-state index < -0.39 is 10.0 Å². The molecule has 0 unspecified atom stereocenters. The summed E-state index contributed by atoms with van der Waals surface area (Å²) >= 11 is 0. The molecule has 1 aliphatic heterocycles. The SMILES string of the molecule is CC1CCN(C(=O)c2cccc(NS(C)(=O)=O)c2)CC1. The Bertz CT molecular complexity index is 590. The fraction of sp³-hybridized carbons (Fsp3) is 0.500. The van der Waals surface area contributed by atoms with Crippen molar-refractivity contribution in [3.63, 3.8) is 0 Å². The molecule has 1 amide bonds. The zero-order valence-electron chi connectivity index (χ0n) is 11.8. The zero-order valence-corrected chi connectivity index (χ0v) is 12.6. The number of hydrogen-bond donors (Lipinski definition) is 1. The molecule has 1 saturated heterocycles. The van der Waals surface area contributed by atoms with Crippen LogP contribution in [0.15, 0.2) is 24.3 Å². The summed E-state index contributed by atoms with van der Waals surface area (Å²) in [5.74, 6) is 0.631. The highest BCUT2D eigenvalue weighted by molar-refractivity contribution is 7.92. The van der Waals surface area contributed by atoms with Gasteiger partial charge in [0.1, 0.15) is 0 Å². The fourth-order valence-corrected chi connectivity index (χ4v) is 2.88. The average molecular weight is 296 g/mol. The molecule has 0 saturated carbocycles. The van der Waals surface area contributed by atoms with Gasteiger partial charge in [0.25, 0.3) is 5.91 Å². The molecule has 1 fully saturated rings. The van der Waals surface area contributed by atoms with Gasteiger partial charge in [-0.3, -0.25) is 9.52 Å². The summed E-state index contributed by atoms with van der Waals surface area (Å²) in [7, 11) is -3.33. The third-order valence-electron chi connectivity index (χ3n) is 3.48. The van der Waals surface area contributed by atoms with Crippen molar-refractivity contribution in [1.82, 2.24) is 4.90 Å². The van der Waals surface area contributed by atoms with Crippen LogP contribution in [0.1, 0.15) is 30.1 Å². The van der Waals surface area contributed by atoms with Crippen molar-refractivity contribution in [2.24, 2.45) is 5.92 Å². The first-order valence-electron chi connectivity index (χ1n) is 6.72. The monoisotopic (exact) mass is 296 g/mol. The van der Waals surface area contributed by atoms with Crippen LogP contribution in [0.3, 0.4) is 0 Å². The van der Waals surface area contributed by atoms with Crippen molar-refractivity contribution in [3.05, 3.63) is 29.8 Å². The molecule has 0 atom stereocenters. The molecule has 0 spiro atoms. The molecule has 2 rings (SSSR count). The first-order valence-corrected chi connectivity index (χ1v) is 8.61. The Morgan fingerprint density at radius 3 is 2.55 bits per heavy atom. The summed E-state index contributed by atoms with van der Waals surface area (Å²) < 4.78 is 24.8. The predicted octanol–water partition coefficient (Wildman–Crippen LogP) is 1.93. The van der Waals surface area contributed by atoms with Crippen LogP contribution >= 0.6 is 0 Å². The summed E-state index contributed by atoms with van der Waals surface area (Å²) in [6, 6.07) is 6.62.